The molecule has 0 aromatic heterocycles. The summed E-state index contributed by atoms with van der Waals surface area (Å²) in [4.78, 5) is 2.06. The summed E-state index contributed by atoms with van der Waals surface area (Å²) in [6, 6.07) is 5.22. The standard InChI is InChI=1S/C14H20FN3/c1-4-18(7-5-6-16)14-8-10(2)13(15)9-12(14)11(3)17/h8-9,11H,4-5,7,17H2,1-3H3/t11-/m0/s1. The van der Waals surface area contributed by atoms with Gasteiger partial charge in [-0.1, -0.05) is 0 Å². The van der Waals surface area contributed by atoms with Crippen LogP contribution in [0.4, 0.5) is 10.1 Å². The molecule has 4 heteroatoms. The number of nitrogens with zero attached hydrogens (tertiary/aromatic N) is 2. The zero-order valence-corrected chi connectivity index (χ0v) is 11.2. The third kappa shape index (κ3) is 3.21. The van der Waals surface area contributed by atoms with Crippen LogP contribution < -0.4 is 10.6 Å². The van der Waals surface area contributed by atoms with Gasteiger partial charge in [0.15, 0.2) is 0 Å². The number of anilines is 1. The molecular weight excluding hydrogens is 229 g/mol. The van der Waals surface area contributed by atoms with Gasteiger partial charge in [0.25, 0.3) is 0 Å². The van der Waals surface area contributed by atoms with Crippen molar-refractivity contribution in [2.45, 2.75) is 33.2 Å². The molecule has 0 fully saturated rings. The Hall–Kier alpha value is -1.60. The second-order valence-corrected chi connectivity index (χ2v) is 4.44. The first-order chi connectivity index (χ1) is 8.51. The molecular formula is C14H20FN3. The van der Waals surface area contributed by atoms with E-state index >= 15 is 0 Å². The van der Waals surface area contributed by atoms with Crippen molar-refractivity contribution in [2.75, 3.05) is 18.0 Å². The van der Waals surface area contributed by atoms with Crippen molar-refractivity contribution in [3.05, 3.63) is 29.1 Å². The van der Waals surface area contributed by atoms with E-state index in [2.05, 4.69) is 11.0 Å². The highest BCUT2D eigenvalue weighted by molar-refractivity contribution is 5.57. The zero-order chi connectivity index (χ0) is 13.7. The molecule has 1 atom stereocenters. The van der Waals surface area contributed by atoms with Gasteiger partial charge >= 0.3 is 0 Å². The summed E-state index contributed by atoms with van der Waals surface area (Å²) in [5.74, 6) is -0.234. The summed E-state index contributed by atoms with van der Waals surface area (Å²) < 4.78 is 13.6. The van der Waals surface area contributed by atoms with E-state index in [4.69, 9.17) is 11.0 Å². The third-order valence-corrected chi connectivity index (χ3v) is 3.01. The van der Waals surface area contributed by atoms with Gasteiger partial charge in [0.2, 0.25) is 0 Å². The maximum Gasteiger partial charge on any atom is 0.126 e. The van der Waals surface area contributed by atoms with Crippen LogP contribution in [0.15, 0.2) is 12.1 Å². The molecule has 0 spiro atoms. The molecule has 0 radical (unpaired) electrons. The quantitative estimate of drug-likeness (QED) is 0.873. The van der Waals surface area contributed by atoms with E-state index in [0.29, 0.717) is 18.5 Å². The van der Waals surface area contributed by atoms with Gasteiger partial charge in [-0.25, -0.2) is 4.39 Å². The normalized spacial score (nSPS) is 12.0. The lowest BCUT2D eigenvalue weighted by atomic mass is 10.0. The Bertz CT molecular complexity index is 449. The summed E-state index contributed by atoms with van der Waals surface area (Å²) in [7, 11) is 0. The number of halogens is 1. The largest absolute Gasteiger partial charge is 0.370 e. The fourth-order valence-corrected chi connectivity index (χ4v) is 1.95. The number of aryl methyl sites for hydroxylation is 1. The van der Waals surface area contributed by atoms with Crippen molar-refractivity contribution in [1.29, 1.82) is 5.26 Å². The van der Waals surface area contributed by atoms with E-state index in [1.807, 2.05) is 19.9 Å². The molecule has 0 aliphatic heterocycles. The molecule has 0 bridgehead atoms. The topological polar surface area (TPSA) is 53.0 Å². The Morgan fingerprint density at radius 2 is 2.17 bits per heavy atom. The Morgan fingerprint density at radius 3 is 2.67 bits per heavy atom. The monoisotopic (exact) mass is 249 g/mol. The average molecular weight is 249 g/mol. The van der Waals surface area contributed by atoms with Crippen LogP contribution in [0, 0.1) is 24.1 Å². The zero-order valence-electron chi connectivity index (χ0n) is 11.2. The lowest BCUT2D eigenvalue weighted by molar-refractivity contribution is 0.612. The fourth-order valence-electron chi connectivity index (χ4n) is 1.95. The van der Waals surface area contributed by atoms with Gasteiger partial charge in [-0.2, -0.15) is 5.26 Å². The van der Waals surface area contributed by atoms with Gasteiger partial charge in [-0.15, -0.1) is 0 Å². The van der Waals surface area contributed by atoms with Gasteiger partial charge in [0.1, 0.15) is 5.82 Å². The molecule has 0 heterocycles. The van der Waals surface area contributed by atoms with Crippen LogP contribution in [0.5, 0.6) is 0 Å². The Kier molecular flexibility index (Phi) is 5.11. The first-order valence-corrected chi connectivity index (χ1v) is 6.18. The van der Waals surface area contributed by atoms with Crippen molar-refractivity contribution in [3.8, 4) is 6.07 Å². The Labute approximate surface area is 108 Å². The molecule has 0 aliphatic carbocycles. The molecule has 98 valence electrons. The van der Waals surface area contributed by atoms with Crippen molar-refractivity contribution in [2.24, 2.45) is 5.73 Å². The number of rotatable bonds is 5. The predicted octanol–water partition coefficient (Wildman–Crippen LogP) is 2.89. The number of hydrogen-bond acceptors (Lipinski definition) is 3. The molecule has 0 saturated carbocycles. The van der Waals surface area contributed by atoms with E-state index in [1.54, 1.807) is 6.92 Å². The highest BCUT2D eigenvalue weighted by Crippen LogP contribution is 2.28. The second-order valence-electron chi connectivity index (χ2n) is 4.44. The van der Waals surface area contributed by atoms with Gasteiger partial charge in [-0.3, -0.25) is 0 Å². The van der Waals surface area contributed by atoms with Crippen LogP contribution in [0.3, 0.4) is 0 Å². The SMILES string of the molecule is CCN(CCC#N)c1cc(C)c(F)cc1[C@H](C)N. The predicted molar refractivity (Wildman–Crippen MR) is 71.9 cm³/mol. The number of benzene rings is 1. The summed E-state index contributed by atoms with van der Waals surface area (Å²) in [6.45, 7) is 7.00. The van der Waals surface area contributed by atoms with Crippen LogP contribution in [-0.4, -0.2) is 13.1 Å². The summed E-state index contributed by atoms with van der Waals surface area (Å²) in [6.07, 6.45) is 0.447. The van der Waals surface area contributed by atoms with Crippen LogP contribution in [0.2, 0.25) is 0 Å². The molecule has 0 saturated heterocycles. The first-order valence-electron chi connectivity index (χ1n) is 6.18. The highest BCUT2D eigenvalue weighted by atomic mass is 19.1. The van der Waals surface area contributed by atoms with Crippen molar-refractivity contribution >= 4 is 5.69 Å². The lowest BCUT2D eigenvalue weighted by Gasteiger charge is -2.26. The minimum atomic E-state index is -0.234. The van der Waals surface area contributed by atoms with Gasteiger partial charge in [-0.05, 0) is 44.0 Å². The summed E-state index contributed by atoms with van der Waals surface area (Å²) in [5, 5.41) is 8.67. The number of nitrogens with two attached hydrogens (primary N) is 1. The summed E-state index contributed by atoms with van der Waals surface area (Å²) in [5.41, 5.74) is 8.22. The highest BCUT2D eigenvalue weighted by Gasteiger charge is 2.15. The van der Waals surface area contributed by atoms with Gasteiger partial charge < -0.3 is 10.6 Å². The van der Waals surface area contributed by atoms with Crippen molar-refractivity contribution in [1.82, 2.24) is 0 Å². The third-order valence-electron chi connectivity index (χ3n) is 3.01. The van der Waals surface area contributed by atoms with E-state index in [-0.39, 0.29) is 11.9 Å². The molecule has 0 amide bonds. The van der Waals surface area contributed by atoms with E-state index < -0.39 is 0 Å². The fraction of sp³-hybridized carbons (Fsp3) is 0.500. The van der Waals surface area contributed by atoms with Crippen LogP contribution in [-0.2, 0) is 0 Å². The van der Waals surface area contributed by atoms with E-state index in [0.717, 1.165) is 17.8 Å². The minimum Gasteiger partial charge on any atom is -0.370 e. The molecule has 0 unspecified atom stereocenters. The number of nitriles is 1. The maximum absolute atomic E-state index is 13.6. The van der Waals surface area contributed by atoms with E-state index in [9.17, 15) is 4.39 Å². The molecule has 18 heavy (non-hydrogen) atoms. The number of hydrogen-bond donors (Lipinski definition) is 1. The summed E-state index contributed by atoms with van der Waals surface area (Å²) >= 11 is 0. The first kappa shape index (κ1) is 14.5. The second kappa shape index (κ2) is 6.36. The van der Waals surface area contributed by atoms with Crippen molar-refractivity contribution in [3.63, 3.8) is 0 Å². The van der Waals surface area contributed by atoms with Gasteiger partial charge in [0.05, 0.1) is 12.5 Å². The van der Waals surface area contributed by atoms with Crippen LogP contribution in [0.25, 0.3) is 0 Å². The van der Waals surface area contributed by atoms with Crippen LogP contribution in [0.1, 0.15) is 37.4 Å². The smallest absolute Gasteiger partial charge is 0.126 e. The molecule has 1 rings (SSSR count). The Balaban J connectivity index is 3.19. The molecule has 1 aromatic carbocycles. The van der Waals surface area contributed by atoms with E-state index in [1.165, 1.54) is 6.07 Å². The Morgan fingerprint density at radius 1 is 1.50 bits per heavy atom. The average Bonchev–Trinajstić information content (AvgIpc) is 2.33. The lowest BCUT2D eigenvalue weighted by Crippen LogP contribution is -2.26. The van der Waals surface area contributed by atoms with Crippen molar-refractivity contribution < 1.29 is 4.39 Å². The molecule has 0 aliphatic rings. The molecule has 2 N–H and O–H groups in total. The molecule has 1 aromatic rings. The molecule has 3 nitrogen and oxygen atoms in total. The van der Waals surface area contributed by atoms with Gasteiger partial charge in [0, 0.05) is 24.8 Å². The maximum atomic E-state index is 13.6. The van der Waals surface area contributed by atoms with Crippen LogP contribution >= 0.6 is 0 Å². The minimum absolute atomic E-state index is 0.230.